The van der Waals surface area contributed by atoms with Gasteiger partial charge in [-0.15, -0.1) is 0 Å². The van der Waals surface area contributed by atoms with Gasteiger partial charge in [-0.1, -0.05) is 33.6 Å². The zero-order chi connectivity index (χ0) is 21.5. The van der Waals surface area contributed by atoms with Gasteiger partial charge in [0.15, 0.2) is 6.23 Å². The van der Waals surface area contributed by atoms with Crippen molar-refractivity contribution in [1.29, 1.82) is 0 Å². The number of halogens is 1. The molecule has 0 N–H and O–H groups in total. The molecule has 2 aromatic carbocycles. The molecule has 4 rings (SSSR count). The maximum absolute atomic E-state index is 13.3. The Kier molecular flexibility index (Phi) is 5.65. The molecule has 0 aliphatic carbocycles. The van der Waals surface area contributed by atoms with Crippen molar-refractivity contribution in [2.45, 2.75) is 37.8 Å². The van der Waals surface area contributed by atoms with Crippen LogP contribution >= 0.6 is 15.9 Å². The predicted molar refractivity (Wildman–Crippen MR) is 118 cm³/mol. The molecule has 2 heterocycles. The SMILES string of the molecule is Cc1ccc(S(=O)(=O)O[C@H]2CCCN2C(=O)c2ccnc3ccc(Br)cc23)c(C)c1. The Morgan fingerprint density at radius 2 is 1.97 bits per heavy atom. The van der Waals surface area contributed by atoms with Crippen molar-refractivity contribution >= 4 is 42.9 Å². The first kappa shape index (κ1) is 21.0. The van der Waals surface area contributed by atoms with Crippen LogP contribution in [0.3, 0.4) is 0 Å². The van der Waals surface area contributed by atoms with E-state index in [1.54, 1.807) is 37.4 Å². The lowest BCUT2D eigenvalue weighted by Gasteiger charge is -2.25. The van der Waals surface area contributed by atoms with Gasteiger partial charge < -0.3 is 4.90 Å². The Bertz CT molecular complexity index is 1240. The van der Waals surface area contributed by atoms with Crippen molar-refractivity contribution < 1.29 is 17.4 Å². The van der Waals surface area contributed by atoms with Crippen molar-refractivity contribution in [3.05, 3.63) is 69.8 Å². The second-order valence-electron chi connectivity index (χ2n) is 7.43. The van der Waals surface area contributed by atoms with E-state index in [1.165, 1.54) is 4.90 Å². The summed E-state index contributed by atoms with van der Waals surface area (Å²) in [6, 6.07) is 12.3. The number of carbonyl (C=O) groups excluding carboxylic acids is 1. The van der Waals surface area contributed by atoms with Gasteiger partial charge in [0, 0.05) is 22.6 Å². The molecular weight excluding hydrogens is 468 g/mol. The fourth-order valence-corrected chi connectivity index (χ4v) is 5.45. The molecule has 1 atom stereocenters. The average molecular weight is 489 g/mol. The molecule has 0 saturated carbocycles. The third-order valence-corrected chi connectivity index (χ3v) is 7.20. The highest BCUT2D eigenvalue weighted by molar-refractivity contribution is 9.10. The van der Waals surface area contributed by atoms with Crippen LogP contribution in [0.2, 0.25) is 0 Å². The first-order valence-electron chi connectivity index (χ1n) is 9.62. The Balaban J connectivity index is 1.64. The molecule has 0 unspecified atom stereocenters. The van der Waals surface area contributed by atoms with Crippen molar-refractivity contribution in [3.8, 4) is 0 Å². The van der Waals surface area contributed by atoms with Crippen LogP contribution in [0.1, 0.15) is 34.3 Å². The number of aromatic nitrogens is 1. The highest BCUT2D eigenvalue weighted by atomic mass is 79.9. The molecule has 0 spiro atoms. The molecule has 1 aliphatic heterocycles. The molecule has 1 saturated heterocycles. The quantitative estimate of drug-likeness (QED) is 0.502. The van der Waals surface area contributed by atoms with Gasteiger partial charge in [-0.3, -0.25) is 9.78 Å². The van der Waals surface area contributed by atoms with Crippen LogP contribution in [-0.4, -0.2) is 37.0 Å². The first-order chi connectivity index (χ1) is 14.3. The van der Waals surface area contributed by atoms with Crippen LogP contribution in [-0.2, 0) is 14.3 Å². The molecule has 1 fully saturated rings. The number of benzene rings is 2. The van der Waals surface area contributed by atoms with Gasteiger partial charge in [0.05, 0.1) is 16.0 Å². The third kappa shape index (κ3) is 3.99. The number of amides is 1. The van der Waals surface area contributed by atoms with E-state index in [9.17, 15) is 13.2 Å². The number of hydrogen-bond donors (Lipinski definition) is 0. The first-order valence-corrected chi connectivity index (χ1v) is 11.8. The molecule has 156 valence electrons. The molecule has 0 radical (unpaired) electrons. The summed E-state index contributed by atoms with van der Waals surface area (Å²) in [7, 11) is -4.00. The number of hydrogen-bond acceptors (Lipinski definition) is 5. The van der Waals surface area contributed by atoms with E-state index < -0.39 is 16.3 Å². The van der Waals surface area contributed by atoms with Crippen LogP contribution in [0.25, 0.3) is 10.9 Å². The van der Waals surface area contributed by atoms with Gasteiger partial charge in [-0.2, -0.15) is 8.42 Å². The molecular formula is C22H21BrN2O4S. The molecule has 8 heteroatoms. The Morgan fingerprint density at radius 1 is 1.17 bits per heavy atom. The lowest BCUT2D eigenvalue weighted by Crippen LogP contribution is -2.38. The van der Waals surface area contributed by atoms with Gasteiger partial charge in [-0.05, 0) is 62.6 Å². The molecule has 0 bridgehead atoms. The minimum absolute atomic E-state index is 0.130. The van der Waals surface area contributed by atoms with E-state index in [4.69, 9.17) is 4.18 Å². The largest absolute Gasteiger partial charge is 0.311 e. The predicted octanol–water partition coefficient (Wildman–Crippen LogP) is 4.58. The summed E-state index contributed by atoms with van der Waals surface area (Å²) in [5.41, 5.74) is 2.76. The van der Waals surface area contributed by atoms with Crippen LogP contribution in [0.4, 0.5) is 0 Å². The number of carbonyl (C=O) groups is 1. The Hall–Kier alpha value is -2.29. The van der Waals surface area contributed by atoms with Crippen LogP contribution in [0.5, 0.6) is 0 Å². The zero-order valence-electron chi connectivity index (χ0n) is 16.6. The van der Waals surface area contributed by atoms with E-state index in [1.807, 2.05) is 25.1 Å². The highest BCUT2D eigenvalue weighted by Crippen LogP contribution is 2.29. The molecule has 3 aromatic rings. The smallest absolute Gasteiger partial charge is 0.299 e. The minimum Gasteiger partial charge on any atom is -0.311 e. The van der Waals surface area contributed by atoms with Crippen LogP contribution in [0, 0.1) is 13.8 Å². The van der Waals surface area contributed by atoms with E-state index in [0.29, 0.717) is 41.4 Å². The summed E-state index contributed by atoms with van der Waals surface area (Å²) >= 11 is 3.43. The molecule has 6 nitrogen and oxygen atoms in total. The van der Waals surface area contributed by atoms with Crippen molar-refractivity contribution in [2.75, 3.05) is 6.54 Å². The van der Waals surface area contributed by atoms with E-state index in [-0.39, 0.29) is 10.8 Å². The lowest BCUT2D eigenvalue weighted by atomic mass is 10.1. The topological polar surface area (TPSA) is 76.6 Å². The maximum Gasteiger partial charge on any atom is 0.299 e. The van der Waals surface area contributed by atoms with Gasteiger partial charge in [0.2, 0.25) is 0 Å². The van der Waals surface area contributed by atoms with Crippen LogP contribution in [0.15, 0.2) is 58.0 Å². The number of aryl methyl sites for hydroxylation is 2. The molecule has 1 aliphatic rings. The van der Waals surface area contributed by atoms with Crippen molar-refractivity contribution in [3.63, 3.8) is 0 Å². The van der Waals surface area contributed by atoms with Gasteiger partial charge in [-0.25, -0.2) is 4.18 Å². The van der Waals surface area contributed by atoms with Crippen LogP contribution < -0.4 is 0 Å². The number of rotatable bonds is 4. The molecule has 30 heavy (non-hydrogen) atoms. The zero-order valence-corrected chi connectivity index (χ0v) is 19.0. The maximum atomic E-state index is 13.3. The normalized spacial score (nSPS) is 16.9. The van der Waals surface area contributed by atoms with Crippen molar-refractivity contribution in [1.82, 2.24) is 9.88 Å². The Morgan fingerprint density at radius 3 is 2.73 bits per heavy atom. The van der Waals surface area contributed by atoms with E-state index in [0.717, 1.165) is 10.0 Å². The summed E-state index contributed by atoms with van der Waals surface area (Å²) in [5, 5.41) is 0.708. The van der Waals surface area contributed by atoms with Crippen molar-refractivity contribution in [2.24, 2.45) is 0 Å². The summed E-state index contributed by atoms with van der Waals surface area (Å²) < 4.78 is 32.2. The lowest BCUT2D eigenvalue weighted by molar-refractivity contribution is 0.0430. The van der Waals surface area contributed by atoms with E-state index >= 15 is 0 Å². The summed E-state index contributed by atoms with van der Waals surface area (Å²) in [5.74, 6) is -0.265. The average Bonchev–Trinajstić information content (AvgIpc) is 3.14. The molecule has 1 aromatic heterocycles. The second kappa shape index (κ2) is 8.09. The second-order valence-corrected chi connectivity index (χ2v) is 9.89. The van der Waals surface area contributed by atoms with Gasteiger partial charge in [0.1, 0.15) is 0 Å². The number of fused-ring (bicyclic) bond motifs is 1. The standard InChI is InChI=1S/C22H21BrN2O4S/c1-14-5-8-20(15(2)12-14)30(27,28)29-21-4-3-11-25(21)22(26)17-9-10-24-19-7-6-16(23)13-18(17)19/h5-10,12-13,21H,3-4,11H2,1-2H3/t21-/m0/s1. The monoisotopic (exact) mass is 488 g/mol. The minimum atomic E-state index is -4.00. The fraction of sp³-hybridized carbons (Fsp3) is 0.273. The highest BCUT2D eigenvalue weighted by Gasteiger charge is 2.35. The van der Waals surface area contributed by atoms with Gasteiger partial charge in [0.25, 0.3) is 16.0 Å². The van der Waals surface area contributed by atoms with Gasteiger partial charge >= 0.3 is 0 Å². The van der Waals surface area contributed by atoms with E-state index in [2.05, 4.69) is 20.9 Å². The molecule has 1 amide bonds. The summed E-state index contributed by atoms with van der Waals surface area (Å²) in [6.07, 6.45) is 1.88. The third-order valence-electron chi connectivity index (χ3n) is 5.23. The number of likely N-dealkylation sites (tertiary alicyclic amines) is 1. The fourth-order valence-electron chi connectivity index (χ4n) is 3.81. The summed E-state index contributed by atoms with van der Waals surface area (Å²) in [4.78, 5) is 19.3. The Labute approximate surface area is 184 Å². The summed E-state index contributed by atoms with van der Waals surface area (Å²) in [6.45, 7) is 4.07. The number of pyridine rings is 1. The number of nitrogens with zero attached hydrogens (tertiary/aromatic N) is 2.